The molecule has 26 heavy (non-hydrogen) atoms. The Balaban J connectivity index is 2.55. The van der Waals surface area contributed by atoms with E-state index in [9.17, 15) is 4.79 Å². The number of aliphatic hydroxyl groups is 1. The average Bonchev–Trinajstić information content (AvgIpc) is 2.58. The zero-order valence-electron chi connectivity index (χ0n) is 16.4. The van der Waals surface area contributed by atoms with E-state index in [-0.39, 0.29) is 18.7 Å². The Bertz CT molecular complexity index is 506. The van der Waals surface area contributed by atoms with Crippen molar-refractivity contribution >= 4 is 6.09 Å². The summed E-state index contributed by atoms with van der Waals surface area (Å²) in [7, 11) is 1.92. The van der Waals surface area contributed by atoms with E-state index in [2.05, 4.69) is 0 Å². The fraction of sp³-hybridized carbons (Fsp3) is 0.722. The molecule has 1 fully saturated rings. The lowest BCUT2D eigenvalue weighted by molar-refractivity contribution is 0.0169. The maximum absolute atomic E-state index is 12.1. The number of nitrogens with zero attached hydrogens (tertiary/aromatic N) is 2. The maximum Gasteiger partial charge on any atom is 0.410 e. The van der Waals surface area contributed by atoms with E-state index in [1.54, 1.807) is 11.0 Å². The minimum atomic E-state index is -0.487. The second-order valence-corrected chi connectivity index (χ2v) is 7.37. The van der Waals surface area contributed by atoms with E-state index in [4.69, 9.17) is 26.0 Å². The Morgan fingerprint density at radius 1 is 1.35 bits per heavy atom. The first kappa shape index (κ1) is 22.0. The number of piperidine rings is 1. The Hall–Kier alpha value is -2.09. The summed E-state index contributed by atoms with van der Waals surface area (Å²) in [5.41, 5.74) is 11.2. The molecule has 1 rings (SSSR count). The number of amides is 1. The lowest BCUT2D eigenvalue weighted by Gasteiger charge is -2.38. The molecule has 150 valence electrons. The third-order valence-corrected chi connectivity index (χ3v) is 4.10. The highest BCUT2D eigenvalue weighted by atomic mass is 16.6. The third-order valence-electron chi connectivity index (χ3n) is 4.10. The molecule has 0 aliphatic carbocycles. The number of hydrogen-bond acceptors (Lipinski definition) is 7. The summed E-state index contributed by atoms with van der Waals surface area (Å²) in [6, 6.07) is 0.224. The third kappa shape index (κ3) is 7.43. The second kappa shape index (κ2) is 10.2. The van der Waals surface area contributed by atoms with Crippen LogP contribution in [0.4, 0.5) is 4.79 Å². The van der Waals surface area contributed by atoms with Gasteiger partial charge in [-0.1, -0.05) is 0 Å². The zero-order chi connectivity index (χ0) is 19.7. The molecule has 0 spiro atoms. The van der Waals surface area contributed by atoms with Gasteiger partial charge in [-0.2, -0.15) is 0 Å². The van der Waals surface area contributed by atoms with Crippen LogP contribution in [0.2, 0.25) is 0 Å². The highest BCUT2D eigenvalue weighted by molar-refractivity contribution is 5.68. The Kier molecular flexibility index (Phi) is 8.57. The molecule has 0 aromatic rings. The van der Waals surface area contributed by atoms with Gasteiger partial charge in [0.2, 0.25) is 0 Å². The lowest BCUT2D eigenvalue weighted by atomic mass is 10.0. The van der Waals surface area contributed by atoms with Crippen molar-refractivity contribution < 1.29 is 19.4 Å². The number of aliphatic hydroxyl groups excluding tert-OH is 1. The van der Waals surface area contributed by atoms with E-state index in [1.165, 1.54) is 6.20 Å². The molecule has 0 unspecified atom stereocenters. The molecule has 0 saturated carbocycles. The van der Waals surface area contributed by atoms with Gasteiger partial charge in [-0.05, 0) is 33.6 Å². The molecule has 0 atom stereocenters. The minimum Gasteiger partial charge on any atom is -0.492 e. The van der Waals surface area contributed by atoms with E-state index >= 15 is 0 Å². The first-order valence-electron chi connectivity index (χ1n) is 9.01. The summed E-state index contributed by atoms with van der Waals surface area (Å²) < 4.78 is 10.9. The topological polar surface area (TPSA) is 114 Å². The average molecular weight is 370 g/mol. The molecule has 8 heteroatoms. The fourth-order valence-electron chi connectivity index (χ4n) is 2.61. The second-order valence-electron chi connectivity index (χ2n) is 7.37. The first-order valence-corrected chi connectivity index (χ1v) is 9.01. The fourth-order valence-corrected chi connectivity index (χ4v) is 2.61. The SMILES string of the molecule is CN(/C(N)=C/C(=C\N)OCCCO)C1CCN(C(=O)OC(C)(C)C)CC1. The van der Waals surface area contributed by atoms with Crippen molar-refractivity contribution in [3.63, 3.8) is 0 Å². The molecule has 1 saturated heterocycles. The molecule has 0 aromatic heterocycles. The van der Waals surface area contributed by atoms with Crippen LogP contribution in [0.5, 0.6) is 0 Å². The van der Waals surface area contributed by atoms with Crippen LogP contribution in [0, 0.1) is 0 Å². The summed E-state index contributed by atoms with van der Waals surface area (Å²) >= 11 is 0. The van der Waals surface area contributed by atoms with Crippen LogP contribution in [0.25, 0.3) is 0 Å². The largest absolute Gasteiger partial charge is 0.492 e. The number of carbonyl (C=O) groups is 1. The zero-order valence-corrected chi connectivity index (χ0v) is 16.4. The van der Waals surface area contributed by atoms with Gasteiger partial charge in [-0.25, -0.2) is 4.79 Å². The van der Waals surface area contributed by atoms with Gasteiger partial charge >= 0.3 is 6.09 Å². The standard InChI is InChI=1S/C18H34N4O4/c1-18(2,3)26-17(24)22-8-6-14(7-9-22)21(4)16(20)12-15(13-19)25-11-5-10-23/h12-14,23H,5-11,19-20H2,1-4H3/b15-13+,16-12+. The van der Waals surface area contributed by atoms with E-state index in [0.29, 0.717) is 37.7 Å². The number of rotatable bonds is 7. The molecule has 0 bridgehead atoms. The highest BCUT2D eigenvalue weighted by Gasteiger charge is 2.28. The molecule has 0 radical (unpaired) electrons. The number of ether oxygens (including phenoxy) is 2. The van der Waals surface area contributed by atoms with Crippen LogP contribution < -0.4 is 11.5 Å². The van der Waals surface area contributed by atoms with Crippen molar-refractivity contribution in [2.45, 2.75) is 51.7 Å². The molecule has 1 aliphatic heterocycles. The van der Waals surface area contributed by atoms with Gasteiger partial charge in [0.15, 0.2) is 0 Å². The molecular weight excluding hydrogens is 336 g/mol. The van der Waals surface area contributed by atoms with Crippen molar-refractivity contribution in [2.24, 2.45) is 11.5 Å². The van der Waals surface area contributed by atoms with Gasteiger partial charge in [0.1, 0.15) is 17.2 Å². The summed E-state index contributed by atoms with van der Waals surface area (Å²) in [6.45, 7) is 7.29. The summed E-state index contributed by atoms with van der Waals surface area (Å²) in [6.07, 6.45) is 4.90. The predicted octanol–water partition coefficient (Wildman–Crippen LogP) is 1.32. The first-order chi connectivity index (χ1) is 12.2. The number of allylic oxidation sites excluding steroid dienone is 1. The van der Waals surface area contributed by atoms with Crippen LogP contribution in [-0.4, -0.2) is 66.0 Å². The van der Waals surface area contributed by atoms with Gasteiger partial charge in [-0.3, -0.25) is 0 Å². The lowest BCUT2D eigenvalue weighted by Crippen LogP contribution is -2.47. The Morgan fingerprint density at radius 3 is 2.46 bits per heavy atom. The Morgan fingerprint density at radius 2 is 1.96 bits per heavy atom. The monoisotopic (exact) mass is 370 g/mol. The molecule has 1 aliphatic rings. The maximum atomic E-state index is 12.1. The van der Waals surface area contributed by atoms with Crippen molar-refractivity contribution in [3.05, 3.63) is 23.9 Å². The van der Waals surface area contributed by atoms with Crippen LogP contribution in [0.3, 0.4) is 0 Å². The number of likely N-dealkylation sites (tertiary alicyclic amines) is 1. The van der Waals surface area contributed by atoms with Crippen molar-refractivity contribution in [1.29, 1.82) is 0 Å². The van der Waals surface area contributed by atoms with Crippen LogP contribution >= 0.6 is 0 Å². The molecule has 1 heterocycles. The van der Waals surface area contributed by atoms with Crippen LogP contribution in [0.15, 0.2) is 23.9 Å². The van der Waals surface area contributed by atoms with Gasteiger partial charge in [0, 0.05) is 51.5 Å². The van der Waals surface area contributed by atoms with Crippen LogP contribution in [-0.2, 0) is 9.47 Å². The van der Waals surface area contributed by atoms with Crippen molar-refractivity contribution in [2.75, 3.05) is 33.4 Å². The summed E-state index contributed by atoms with van der Waals surface area (Å²) in [4.78, 5) is 15.8. The molecule has 8 nitrogen and oxygen atoms in total. The summed E-state index contributed by atoms with van der Waals surface area (Å²) in [5, 5.41) is 8.80. The molecule has 5 N–H and O–H groups in total. The van der Waals surface area contributed by atoms with Crippen molar-refractivity contribution in [3.8, 4) is 0 Å². The number of hydrogen-bond donors (Lipinski definition) is 3. The van der Waals surface area contributed by atoms with E-state index < -0.39 is 5.60 Å². The normalized spacial score (nSPS) is 17.2. The van der Waals surface area contributed by atoms with E-state index in [0.717, 1.165) is 12.8 Å². The van der Waals surface area contributed by atoms with Crippen LogP contribution in [0.1, 0.15) is 40.0 Å². The minimum absolute atomic E-state index is 0.0627. The van der Waals surface area contributed by atoms with Gasteiger partial charge in [0.25, 0.3) is 0 Å². The highest BCUT2D eigenvalue weighted by Crippen LogP contribution is 2.20. The number of carbonyl (C=O) groups excluding carboxylic acids is 1. The molecule has 1 amide bonds. The van der Waals surface area contributed by atoms with Crippen molar-refractivity contribution in [1.82, 2.24) is 9.80 Å². The number of nitrogens with two attached hydrogens (primary N) is 2. The van der Waals surface area contributed by atoms with Gasteiger partial charge in [-0.15, -0.1) is 0 Å². The summed E-state index contributed by atoms with van der Waals surface area (Å²) in [5.74, 6) is 1.01. The Labute approximate surface area is 156 Å². The van der Waals surface area contributed by atoms with Gasteiger partial charge in [0.05, 0.1) is 6.61 Å². The predicted molar refractivity (Wildman–Crippen MR) is 101 cm³/mol. The molecular formula is C18H34N4O4. The van der Waals surface area contributed by atoms with Gasteiger partial charge < -0.3 is 35.8 Å². The molecule has 0 aromatic carbocycles. The smallest absolute Gasteiger partial charge is 0.410 e. The van der Waals surface area contributed by atoms with E-state index in [1.807, 2.05) is 32.7 Å². The quantitative estimate of drug-likeness (QED) is 0.352.